The lowest BCUT2D eigenvalue weighted by atomic mass is 10.1. The molecule has 1 aromatic heterocycles. The van der Waals surface area contributed by atoms with E-state index in [2.05, 4.69) is 5.48 Å². The highest BCUT2D eigenvalue weighted by atomic mass is 16.8. The van der Waals surface area contributed by atoms with Gasteiger partial charge in [0.25, 0.3) is 5.91 Å². The van der Waals surface area contributed by atoms with Crippen molar-refractivity contribution in [2.75, 3.05) is 6.61 Å². The van der Waals surface area contributed by atoms with Crippen LogP contribution in [-0.4, -0.2) is 28.6 Å². The molecule has 1 amide bonds. The third-order valence-electron chi connectivity index (χ3n) is 4.94. The summed E-state index contributed by atoms with van der Waals surface area (Å²) in [6.45, 7) is 3.27. The number of nitrogens with zero attached hydrogens (tertiary/aromatic N) is 2. The van der Waals surface area contributed by atoms with Gasteiger partial charge < -0.3 is 4.74 Å². The Bertz CT molecular complexity index is 945. The van der Waals surface area contributed by atoms with E-state index < -0.39 is 6.29 Å². The van der Waals surface area contributed by atoms with Gasteiger partial charge in [0.2, 0.25) is 0 Å². The second-order valence-corrected chi connectivity index (χ2v) is 7.29. The molecule has 2 heterocycles. The summed E-state index contributed by atoms with van der Waals surface area (Å²) in [6.07, 6.45) is 4.21. The third-order valence-corrected chi connectivity index (χ3v) is 4.94. The molecule has 6 nitrogen and oxygen atoms in total. The second-order valence-electron chi connectivity index (χ2n) is 7.29. The first kappa shape index (κ1) is 19.4. The molecule has 1 N–H and O–H groups in total. The number of benzene rings is 2. The number of aryl methyl sites for hydroxylation is 1. The maximum absolute atomic E-state index is 12.9. The summed E-state index contributed by atoms with van der Waals surface area (Å²) in [5.41, 5.74) is 6.81. The number of hydrogen-bond donors (Lipinski definition) is 1. The van der Waals surface area contributed by atoms with Gasteiger partial charge in [-0.1, -0.05) is 60.2 Å². The molecule has 0 saturated carbocycles. The van der Waals surface area contributed by atoms with Gasteiger partial charge in [-0.2, -0.15) is 5.10 Å². The van der Waals surface area contributed by atoms with E-state index in [-0.39, 0.29) is 5.91 Å². The van der Waals surface area contributed by atoms with Crippen LogP contribution in [0.2, 0.25) is 0 Å². The van der Waals surface area contributed by atoms with Crippen LogP contribution >= 0.6 is 0 Å². The lowest BCUT2D eigenvalue weighted by molar-refractivity contribution is -0.186. The minimum atomic E-state index is -0.394. The van der Waals surface area contributed by atoms with E-state index in [1.807, 2.05) is 61.5 Å². The van der Waals surface area contributed by atoms with Crippen LogP contribution in [-0.2, 0) is 16.1 Å². The number of nitrogens with one attached hydrogen (secondary N) is 1. The van der Waals surface area contributed by atoms with Crippen LogP contribution in [0, 0.1) is 6.92 Å². The second kappa shape index (κ2) is 9.03. The number of ether oxygens (including phenoxy) is 1. The molecule has 4 rings (SSSR count). The summed E-state index contributed by atoms with van der Waals surface area (Å²) in [7, 11) is 0. The van der Waals surface area contributed by atoms with E-state index >= 15 is 0 Å². The van der Waals surface area contributed by atoms with E-state index in [0.717, 1.165) is 36.0 Å². The number of rotatable bonds is 6. The first-order chi connectivity index (χ1) is 14.2. The predicted octanol–water partition coefficient (Wildman–Crippen LogP) is 4.09. The number of amides is 1. The molecular weight excluding hydrogens is 366 g/mol. The predicted molar refractivity (Wildman–Crippen MR) is 110 cm³/mol. The maximum atomic E-state index is 12.9. The first-order valence-electron chi connectivity index (χ1n) is 9.95. The van der Waals surface area contributed by atoms with Crippen LogP contribution < -0.4 is 5.48 Å². The van der Waals surface area contributed by atoms with Crippen LogP contribution in [0.5, 0.6) is 0 Å². The summed E-state index contributed by atoms with van der Waals surface area (Å²) in [4.78, 5) is 18.3. The minimum absolute atomic E-state index is 0.325. The van der Waals surface area contributed by atoms with Crippen molar-refractivity contribution in [1.82, 2.24) is 15.3 Å². The summed E-state index contributed by atoms with van der Waals surface area (Å²) in [5, 5.41) is 4.69. The zero-order chi connectivity index (χ0) is 20.1. The third kappa shape index (κ3) is 4.91. The van der Waals surface area contributed by atoms with Crippen LogP contribution in [0.1, 0.15) is 40.7 Å². The first-order valence-corrected chi connectivity index (χ1v) is 9.95. The molecule has 1 aliphatic rings. The average Bonchev–Trinajstić information content (AvgIpc) is 3.18. The summed E-state index contributed by atoms with van der Waals surface area (Å²) < 4.78 is 7.31. The highest BCUT2D eigenvalue weighted by molar-refractivity contribution is 5.99. The van der Waals surface area contributed by atoms with E-state index in [1.54, 1.807) is 10.9 Å². The van der Waals surface area contributed by atoms with Gasteiger partial charge in [0.05, 0.1) is 12.1 Å². The Kier molecular flexibility index (Phi) is 6.03. The molecule has 0 radical (unpaired) electrons. The number of carbonyl (C=O) groups excluding carboxylic acids is 1. The molecule has 1 atom stereocenters. The molecule has 0 spiro atoms. The normalized spacial score (nSPS) is 16.5. The van der Waals surface area contributed by atoms with Gasteiger partial charge in [0.1, 0.15) is 5.69 Å². The number of carbonyl (C=O) groups is 1. The van der Waals surface area contributed by atoms with Crippen molar-refractivity contribution in [3.8, 4) is 11.3 Å². The lowest BCUT2D eigenvalue weighted by Crippen LogP contribution is -2.33. The van der Waals surface area contributed by atoms with Gasteiger partial charge in [-0.25, -0.2) is 10.3 Å². The lowest BCUT2D eigenvalue weighted by Gasteiger charge is -2.22. The molecule has 1 fully saturated rings. The van der Waals surface area contributed by atoms with Crippen LogP contribution in [0.15, 0.2) is 60.8 Å². The fourth-order valence-corrected chi connectivity index (χ4v) is 3.34. The molecule has 1 aliphatic heterocycles. The highest BCUT2D eigenvalue weighted by Gasteiger charge is 2.21. The van der Waals surface area contributed by atoms with Crippen molar-refractivity contribution in [3.63, 3.8) is 0 Å². The van der Waals surface area contributed by atoms with Crippen molar-refractivity contribution in [1.29, 1.82) is 0 Å². The SMILES string of the molecule is Cc1ccc(-c2nn(Cc3ccccc3)cc2C(=O)NOC2CCCCO2)cc1. The molecule has 6 heteroatoms. The zero-order valence-corrected chi connectivity index (χ0v) is 16.5. The Labute approximate surface area is 170 Å². The van der Waals surface area contributed by atoms with Crippen LogP contribution in [0.25, 0.3) is 11.3 Å². The Morgan fingerprint density at radius 1 is 1.17 bits per heavy atom. The van der Waals surface area contributed by atoms with Gasteiger partial charge >= 0.3 is 0 Å². The summed E-state index contributed by atoms with van der Waals surface area (Å²) in [6, 6.07) is 18.0. The van der Waals surface area contributed by atoms with E-state index in [1.165, 1.54) is 0 Å². The Balaban J connectivity index is 1.57. The molecule has 29 heavy (non-hydrogen) atoms. The van der Waals surface area contributed by atoms with Crippen molar-refractivity contribution in [3.05, 3.63) is 77.5 Å². The number of aromatic nitrogens is 2. The van der Waals surface area contributed by atoms with Gasteiger partial charge in [0.15, 0.2) is 6.29 Å². The van der Waals surface area contributed by atoms with Crippen molar-refractivity contribution in [2.24, 2.45) is 0 Å². The van der Waals surface area contributed by atoms with Crippen molar-refractivity contribution < 1.29 is 14.4 Å². The molecular formula is C23H25N3O3. The molecule has 2 aromatic carbocycles. The minimum Gasteiger partial charge on any atom is -0.350 e. The molecule has 1 unspecified atom stereocenters. The van der Waals surface area contributed by atoms with Gasteiger partial charge in [-0.15, -0.1) is 0 Å². The standard InChI is InChI=1S/C23H25N3O3/c1-17-10-12-19(13-11-17)22-20(23(27)25-29-21-9-5-6-14-28-21)16-26(24-22)15-18-7-3-2-4-8-18/h2-4,7-8,10-13,16,21H,5-6,9,14-15H2,1H3,(H,25,27). The quantitative estimate of drug-likeness (QED) is 0.643. The van der Waals surface area contributed by atoms with Gasteiger partial charge in [-0.3, -0.25) is 9.48 Å². The van der Waals surface area contributed by atoms with Crippen LogP contribution in [0.4, 0.5) is 0 Å². The Morgan fingerprint density at radius 2 is 1.97 bits per heavy atom. The van der Waals surface area contributed by atoms with Gasteiger partial charge in [-0.05, 0) is 25.3 Å². The largest absolute Gasteiger partial charge is 0.350 e. The fraction of sp³-hybridized carbons (Fsp3) is 0.304. The van der Waals surface area contributed by atoms with E-state index in [9.17, 15) is 4.79 Å². The molecule has 0 aliphatic carbocycles. The fourth-order valence-electron chi connectivity index (χ4n) is 3.34. The van der Waals surface area contributed by atoms with E-state index in [4.69, 9.17) is 14.7 Å². The monoisotopic (exact) mass is 391 g/mol. The topological polar surface area (TPSA) is 65.4 Å². The molecule has 3 aromatic rings. The van der Waals surface area contributed by atoms with Crippen molar-refractivity contribution in [2.45, 2.75) is 39.0 Å². The van der Waals surface area contributed by atoms with Gasteiger partial charge in [0, 0.05) is 24.8 Å². The van der Waals surface area contributed by atoms with Crippen molar-refractivity contribution >= 4 is 5.91 Å². The zero-order valence-electron chi connectivity index (χ0n) is 16.5. The Morgan fingerprint density at radius 3 is 2.69 bits per heavy atom. The van der Waals surface area contributed by atoms with E-state index in [0.29, 0.717) is 24.4 Å². The van der Waals surface area contributed by atoms with Crippen LogP contribution in [0.3, 0.4) is 0 Å². The molecule has 0 bridgehead atoms. The average molecular weight is 391 g/mol. The number of hydrogen-bond acceptors (Lipinski definition) is 4. The Hall–Kier alpha value is -2.96. The molecule has 1 saturated heterocycles. The smallest absolute Gasteiger partial charge is 0.278 e. The maximum Gasteiger partial charge on any atom is 0.278 e. The molecule has 150 valence electrons. The number of hydroxylamine groups is 1. The summed E-state index contributed by atoms with van der Waals surface area (Å²) in [5.74, 6) is -0.325. The highest BCUT2D eigenvalue weighted by Crippen LogP contribution is 2.23. The summed E-state index contributed by atoms with van der Waals surface area (Å²) >= 11 is 0.